The summed E-state index contributed by atoms with van der Waals surface area (Å²) in [6.07, 6.45) is 0.386. The molecule has 0 bridgehead atoms. The van der Waals surface area contributed by atoms with E-state index < -0.39 is 26.4 Å². The van der Waals surface area contributed by atoms with Crippen LogP contribution in [0.15, 0.2) is 23.1 Å². The third-order valence-electron chi connectivity index (χ3n) is 2.37. The molecule has 0 aliphatic rings. The minimum Gasteiger partial charge on any atom is -0.314 e. The average molecular weight is 277 g/mol. The number of nitrogens with one attached hydrogen (secondary N) is 1. The van der Waals surface area contributed by atoms with E-state index in [2.05, 4.69) is 5.32 Å². The summed E-state index contributed by atoms with van der Waals surface area (Å²) in [7, 11) is -3.69. The Kier molecular flexibility index (Phi) is 5.22. The van der Waals surface area contributed by atoms with Crippen molar-refractivity contribution < 1.29 is 17.2 Å². The number of halogens is 2. The summed E-state index contributed by atoms with van der Waals surface area (Å²) in [5.74, 6) is -1.98. The first kappa shape index (κ1) is 15.0. The zero-order chi connectivity index (χ0) is 13.8. The van der Waals surface area contributed by atoms with E-state index in [9.17, 15) is 17.2 Å². The molecule has 1 N–H and O–H groups in total. The Morgan fingerprint density at radius 1 is 1.28 bits per heavy atom. The van der Waals surface area contributed by atoms with Gasteiger partial charge in [-0.3, -0.25) is 0 Å². The molecule has 0 aliphatic heterocycles. The van der Waals surface area contributed by atoms with Crippen molar-refractivity contribution in [3.05, 3.63) is 29.8 Å². The van der Waals surface area contributed by atoms with E-state index in [0.29, 0.717) is 19.0 Å². The summed E-state index contributed by atoms with van der Waals surface area (Å²) in [5.41, 5.74) is 0. The lowest BCUT2D eigenvalue weighted by atomic mass is 10.3. The van der Waals surface area contributed by atoms with Gasteiger partial charge in [-0.05, 0) is 25.1 Å². The Balaban J connectivity index is 2.69. The van der Waals surface area contributed by atoms with E-state index >= 15 is 0 Å². The van der Waals surface area contributed by atoms with Crippen LogP contribution in [0.1, 0.15) is 20.3 Å². The highest BCUT2D eigenvalue weighted by molar-refractivity contribution is 7.91. The average Bonchev–Trinajstić information content (AvgIpc) is 2.23. The second kappa shape index (κ2) is 6.24. The molecule has 0 aliphatic carbocycles. The Morgan fingerprint density at radius 2 is 1.94 bits per heavy atom. The molecule has 1 rings (SSSR count). The third kappa shape index (κ3) is 4.34. The van der Waals surface area contributed by atoms with Crippen molar-refractivity contribution in [3.8, 4) is 0 Å². The van der Waals surface area contributed by atoms with Gasteiger partial charge in [0, 0.05) is 12.1 Å². The molecule has 3 nitrogen and oxygen atoms in total. The minimum atomic E-state index is -3.69. The van der Waals surface area contributed by atoms with Crippen molar-refractivity contribution in [1.29, 1.82) is 0 Å². The fourth-order valence-electron chi connectivity index (χ4n) is 1.49. The van der Waals surface area contributed by atoms with Gasteiger partial charge in [0.05, 0.1) is 5.75 Å². The normalized spacial score (nSPS) is 12.1. The quantitative estimate of drug-likeness (QED) is 0.640. The molecule has 102 valence electrons. The lowest BCUT2D eigenvalue weighted by molar-refractivity contribution is 0.544. The molecule has 18 heavy (non-hydrogen) atoms. The lowest BCUT2D eigenvalue weighted by Gasteiger charge is -2.08. The largest absolute Gasteiger partial charge is 0.314 e. The van der Waals surface area contributed by atoms with Crippen LogP contribution in [0.2, 0.25) is 0 Å². The smallest absolute Gasteiger partial charge is 0.181 e. The predicted molar refractivity (Wildman–Crippen MR) is 66.2 cm³/mol. The molecule has 0 fully saturated rings. The number of hydrogen-bond donors (Lipinski definition) is 1. The van der Waals surface area contributed by atoms with Crippen LogP contribution in [0.4, 0.5) is 8.78 Å². The molecule has 0 atom stereocenters. The van der Waals surface area contributed by atoms with Gasteiger partial charge in [0.15, 0.2) is 9.84 Å². The van der Waals surface area contributed by atoms with Crippen molar-refractivity contribution in [3.63, 3.8) is 0 Å². The van der Waals surface area contributed by atoms with Crippen LogP contribution in [0, 0.1) is 11.6 Å². The van der Waals surface area contributed by atoms with Crippen molar-refractivity contribution in [2.75, 3.05) is 12.3 Å². The lowest BCUT2D eigenvalue weighted by Crippen LogP contribution is -2.25. The van der Waals surface area contributed by atoms with E-state index in [0.717, 1.165) is 12.1 Å². The van der Waals surface area contributed by atoms with E-state index in [-0.39, 0.29) is 11.8 Å². The van der Waals surface area contributed by atoms with Gasteiger partial charge in [0.2, 0.25) is 0 Å². The van der Waals surface area contributed by atoms with E-state index in [1.54, 1.807) is 0 Å². The van der Waals surface area contributed by atoms with Crippen molar-refractivity contribution in [1.82, 2.24) is 5.32 Å². The van der Waals surface area contributed by atoms with Gasteiger partial charge < -0.3 is 5.32 Å². The molecule has 0 aromatic heterocycles. The van der Waals surface area contributed by atoms with Crippen LogP contribution < -0.4 is 5.32 Å². The zero-order valence-corrected chi connectivity index (χ0v) is 11.2. The van der Waals surface area contributed by atoms with Crippen LogP contribution in [0.3, 0.4) is 0 Å². The Labute approximate surface area is 106 Å². The maximum absolute atomic E-state index is 13.3. The maximum Gasteiger partial charge on any atom is 0.181 e. The first-order valence-corrected chi connectivity index (χ1v) is 7.39. The molecule has 1 aromatic rings. The number of sulfone groups is 1. The van der Waals surface area contributed by atoms with E-state index in [4.69, 9.17) is 0 Å². The van der Waals surface area contributed by atoms with Crippen LogP contribution in [0.5, 0.6) is 0 Å². The first-order valence-electron chi connectivity index (χ1n) is 5.74. The molecule has 0 radical (unpaired) electrons. The second-order valence-electron chi connectivity index (χ2n) is 4.36. The van der Waals surface area contributed by atoms with Crippen LogP contribution in [-0.2, 0) is 9.84 Å². The highest BCUT2D eigenvalue weighted by Crippen LogP contribution is 2.17. The molecule has 0 spiro atoms. The van der Waals surface area contributed by atoms with Gasteiger partial charge in [-0.2, -0.15) is 0 Å². The van der Waals surface area contributed by atoms with E-state index in [1.165, 1.54) is 0 Å². The molecule has 0 unspecified atom stereocenters. The van der Waals surface area contributed by atoms with Gasteiger partial charge in [-0.25, -0.2) is 17.2 Å². The second-order valence-corrected chi connectivity index (χ2v) is 6.43. The molecule has 1 aromatic carbocycles. The fourth-order valence-corrected chi connectivity index (χ4v) is 2.87. The molecular weight excluding hydrogens is 260 g/mol. The molecule has 0 saturated heterocycles. The summed E-state index contributed by atoms with van der Waals surface area (Å²) >= 11 is 0. The van der Waals surface area contributed by atoms with Gasteiger partial charge in [-0.15, -0.1) is 0 Å². The molecule has 0 heterocycles. The Hall–Kier alpha value is -1.01. The highest BCUT2D eigenvalue weighted by atomic mass is 32.2. The van der Waals surface area contributed by atoms with Gasteiger partial charge >= 0.3 is 0 Å². The summed E-state index contributed by atoms with van der Waals surface area (Å²) in [4.78, 5) is -0.437. The molecular formula is C12H17F2NO2S. The van der Waals surface area contributed by atoms with Gasteiger partial charge in [-0.1, -0.05) is 13.8 Å². The number of benzene rings is 1. The SMILES string of the molecule is CC(C)NCCCS(=O)(=O)c1ccc(F)cc1F. The third-order valence-corrected chi connectivity index (χ3v) is 4.20. The predicted octanol–water partition coefficient (Wildman–Crippen LogP) is 2.13. The van der Waals surface area contributed by atoms with Gasteiger partial charge in [0.25, 0.3) is 0 Å². The van der Waals surface area contributed by atoms with E-state index in [1.807, 2.05) is 13.8 Å². The number of rotatable bonds is 6. The molecule has 6 heteroatoms. The zero-order valence-electron chi connectivity index (χ0n) is 10.4. The molecule has 0 amide bonds. The molecule has 0 saturated carbocycles. The van der Waals surface area contributed by atoms with Crippen LogP contribution >= 0.6 is 0 Å². The Bertz CT molecular complexity index is 501. The highest BCUT2D eigenvalue weighted by Gasteiger charge is 2.19. The van der Waals surface area contributed by atoms with Crippen molar-refractivity contribution in [2.24, 2.45) is 0 Å². The number of hydrogen-bond acceptors (Lipinski definition) is 3. The summed E-state index contributed by atoms with van der Waals surface area (Å²) in [6.45, 7) is 4.45. The Morgan fingerprint density at radius 3 is 2.50 bits per heavy atom. The van der Waals surface area contributed by atoms with Crippen LogP contribution in [-0.4, -0.2) is 26.8 Å². The topological polar surface area (TPSA) is 46.2 Å². The maximum atomic E-state index is 13.3. The monoisotopic (exact) mass is 277 g/mol. The summed E-state index contributed by atoms with van der Waals surface area (Å²) in [5, 5.41) is 3.08. The standard InChI is InChI=1S/C12H17F2NO2S/c1-9(2)15-6-3-7-18(16,17)12-5-4-10(13)8-11(12)14/h4-5,8-9,15H,3,6-7H2,1-2H3. The van der Waals surface area contributed by atoms with Crippen molar-refractivity contribution >= 4 is 9.84 Å². The van der Waals surface area contributed by atoms with Crippen molar-refractivity contribution in [2.45, 2.75) is 31.2 Å². The summed E-state index contributed by atoms with van der Waals surface area (Å²) in [6, 6.07) is 2.77. The minimum absolute atomic E-state index is 0.157. The van der Waals surface area contributed by atoms with Gasteiger partial charge in [0.1, 0.15) is 16.5 Å². The van der Waals surface area contributed by atoms with Crippen LogP contribution in [0.25, 0.3) is 0 Å². The summed E-state index contributed by atoms with van der Waals surface area (Å²) < 4.78 is 49.7. The first-order chi connectivity index (χ1) is 8.33. The fraction of sp³-hybridized carbons (Fsp3) is 0.500.